The minimum atomic E-state index is 0.194. The fourth-order valence-corrected chi connectivity index (χ4v) is 3.20. The molecular formula is C16H22N2O2. The zero-order valence-corrected chi connectivity index (χ0v) is 12.3. The predicted octanol–water partition coefficient (Wildman–Crippen LogP) is 2.29. The maximum absolute atomic E-state index is 12.5. The van der Waals surface area contributed by atoms with E-state index in [2.05, 4.69) is 23.3 Å². The van der Waals surface area contributed by atoms with Gasteiger partial charge in [0.15, 0.2) is 5.78 Å². The van der Waals surface area contributed by atoms with Crippen LogP contribution in [-0.2, 0) is 4.79 Å². The molecule has 1 saturated heterocycles. The fourth-order valence-electron chi connectivity index (χ4n) is 3.20. The van der Waals surface area contributed by atoms with Crippen LogP contribution in [0, 0.1) is 13.8 Å². The Balaban J connectivity index is 1.71. The molecule has 2 fully saturated rings. The summed E-state index contributed by atoms with van der Waals surface area (Å²) < 4.78 is 2.31. The summed E-state index contributed by atoms with van der Waals surface area (Å²) in [5.41, 5.74) is 3.18. The van der Waals surface area contributed by atoms with E-state index in [1.807, 2.05) is 6.07 Å². The zero-order valence-electron chi connectivity index (χ0n) is 12.3. The van der Waals surface area contributed by atoms with E-state index in [0.717, 1.165) is 24.3 Å². The molecule has 2 aliphatic rings. The number of aryl methyl sites for hydroxylation is 1. The van der Waals surface area contributed by atoms with Crippen LogP contribution in [0.2, 0.25) is 0 Å². The number of carbonyl (C=O) groups excluding carboxylic acids is 2. The van der Waals surface area contributed by atoms with Gasteiger partial charge in [-0.25, -0.2) is 0 Å². The summed E-state index contributed by atoms with van der Waals surface area (Å²) in [4.78, 5) is 25.8. The number of ketones is 2. The van der Waals surface area contributed by atoms with Crippen molar-refractivity contribution in [3.05, 3.63) is 23.0 Å². The van der Waals surface area contributed by atoms with Crippen LogP contribution >= 0.6 is 0 Å². The van der Waals surface area contributed by atoms with Crippen molar-refractivity contribution in [3.8, 4) is 0 Å². The van der Waals surface area contributed by atoms with Crippen LogP contribution in [0.3, 0.4) is 0 Å². The smallest absolute Gasteiger partial charge is 0.178 e. The van der Waals surface area contributed by atoms with Crippen LogP contribution in [0.15, 0.2) is 6.07 Å². The number of rotatable bonds is 4. The van der Waals surface area contributed by atoms with Gasteiger partial charge in [0.25, 0.3) is 0 Å². The molecule has 0 bridgehead atoms. The lowest BCUT2D eigenvalue weighted by Crippen LogP contribution is -2.37. The van der Waals surface area contributed by atoms with Crippen LogP contribution in [-0.4, -0.2) is 40.7 Å². The van der Waals surface area contributed by atoms with Gasteiger partial charge >= 0.3 is 0 Å². The largest absolute Gasteiger partial charge is 0.345 e. The average Bonchev–Trinajstić information content (AvgIpc) is 3.19. The van der Waals surface area contributed by atoms with Gasteiger partial charge in [-0.2, -0.15) is 0 Å². The number of nitrogens with zero attached hydrogens (tertiary/aromatic N) is 2. The highest BCUT2D eigenvalue weighted by Gasteiger charge is 2.29. The second-order valence-electron chi connectivity index (χ2n) is 6.12. The molecule has 2 heterocycles. The summed E-state index contributed by atoms with van der Waals surface area (Å²) in [5, 5.41) is 0. The Morgan fingerprint density at radius 2 is 1.90 bits per heavy atom. The molecule has 3 rings (SSSR count). The predicted molar refractivity (Wildman–Crippen MR) is 77.2 cm³/mol. The van der Waals surface area contributed by atoms with E-state index >= 15 is 0 Å². The lowest BCUT2D eigenvalue weighted by molar-refractivity contribution is -0.121. The molecule has 1 aliphatic carbocycles. The SMILES string of the molecule is Cc1cc(C(=O)CN2CCC(=O)CC2)c(C)n1C1CC1. The van der Waals surface area contributed by atoms with Gasteiger partial charge in [-0.1, -0.05) is 0 Å². The van der Waals surface area contributed by atoms with Crippen molar-refractivity contribution in [1.82, 2.24) is 9.47 Å². The van der Waals surface area contributed by atoms with Crippen molar-refractivity contribution in [3.63, 3.8) is 0 Å². The molecule has 4 nitrogen and oxygen atoms in total. The minimum Gasteiger partial charge on any atom is -0.345 e. The van der Waals surface area contributed by atoms with Crippen LogP contribution in [0.1, 0.15) is 53.5 Å². The van der Waals surface area contributed by atoms with E-state index in [0.29, 0.717) is 31.2 Å². The second kappa shape index (κ2) is 5.17. The normalized spacial score (nSPS) is 20.4. The minimum absolute atomic E-state index is 0.194. The first-order valence-corrected chi connectivity index (χ1v) is 7.52. The molecule has 0 aromatic carbocycles. The Labute approximate surface area is 119 Å². The third kappa shape index (κ3) is 2.57. The van der Waals surface area contributed by atoms with E-state index < -0.39 is 0 Å². The zero-order chi connectivity index (χ0) is 14.3. The third-order valence-electron chi connectivity index (χ3n) is 4.48. The number of aromatic nitrogens is 1. The summed E-state index contributed by atoms with van der Waals surface area (Å²) in [5.74, 6) is 0.514. The quantitative estimate of drug-likeness (QED) is 0.791. The van der Waals surface area contributed by atoms with E-state index in [1.54, 1.807) is 0 Å². The van der Waals surface area contributed by atoms with Crippen molar-refractivity contribution in [2.24, 2.45) is 0 Å². The molecule has 4 heteroatoms. The van der Waals surface area contributed by atoms with Crippen molar-refractivity contribution in [2.45, 2.75) is 45.6 Å². The molecule has 0 radical (unpaired) electrons. The lowest BCUT2D eigenvalue weighted by atomic mass is 10.1. The highest BCUT2D eigenvalue weighted by molar-refractivity contribution is 5.99. The van der Waals surface area contributed by atoms with Crippen molar-refractivity contribution < 1.29 is 9.59 Å². The number of hydrogen-bond acceptors (Lipinski definition) is 3. The van der Waals surface area contributed by atoms with Crippen molar-refractivity contribution >= 4 is 11.6 Å². The number of hydrogen-bond donors (Lipinski definition) is 0. The third-order valence-corrected chi connectivity index (χ3v) is 4.48. The number of likely N-dealkylation sites (tertiary alicyclic amines) is 1. The molecule has 1 saturated carbocycles. The monoisotopic (exact) mass is 274 g/mol. The van der Waals surface area contributed by atoms with Gasteiger partial charge in [0.2, 0.25) is 0 Å². The van der Waals surface area contributed by atoms with Crippen molar-refractivity contribution in [1.29, 1.82) is 0 Å². The Morgan fingerprint density at radius 3 is 2.50 bits per heavy atom. The highest BCUT2D eigenvalue weighted by Crippen LogP contribution is 2.38. The second-order valence-corrected chi connectivity index (χ2v) is 6.12. The van der Waals surface area contributed by atoms with Gasteiger partial charge in [0.05, 0.1) is 6.54 Å². The Kier molecular flexibility index (Phi) is 3.50. The summed E-state index contributed by atoms with van der Waals surface area (Å²) >= 11 is 0. The molecule has 0 spiro atoms. The first kappa shape index (κ1) is 13.6. The molecule has 1 aromatic heterocycles. The van der Waals surface area contributed by atoms with Gasteiger partial charge < -0.3 is 4.57 Å². The molecule has 0 N–H and O–H groups in total. The van der Waals surface area contributed by atoms with Crippen LogP contribution in [0.4, 0.5) is 0 Å². The first-order chi connectivity index (χ1) is 9.56. The summed E-state index contributed by atoms with van der Waals surface area (Å²) in [7, 11) is 0. The molecule has 0 unspecified atom stereocenters. The maximum Gasteiger partial charge on any atom is 0.178 e. The topological polar surface area (TPSA) is 42.3 Å². The van der Waals surface area contributed by atoms with Gasteiger partial charge in [-0.3, -0.25) is 14.5 Å². The molecule has 1 aromatic rings. The first-order valence-electron chi connectivity index (χ1n) is 7.52. The van der Waals surface area contributed by atoms with Gasteiger partial charge in [0.1, 0.15) is 5.78 Å². The Hall–Kier alpha value is -1.42. The molecule has 108 valence electrons. The van der Waals surface area contributed by atoms with Gasteiger partial charge in [0, 0.05) is 48.9 Å². The van der Waals surface area contributed by atoms with Gasteiger partial charge in [-0.15, -0.1) is 0 Å². The number of piperidine rings is 1. The van der Waals surface area contributed by atoms with E-state index in [-0.39, 0.29) is 5.78 Å². The van der Waals surface area contributed by atoms with Crippen molar-refractivity contribution in [2.75, 3.05) is 19.6 Å². The average molecular weight is 274 g/mol. The number of Topliss-reactive ketones (excluding diaryl/α,β-unsaturated/α-hetero) is 2. The molecule has 0 atom stereocenters. The Bertz CT molecular complexity index is 545. The summed E-state index contributed by atoms with van der Waals surface area (Å²) in [6.45, 7) is 6.04. The van der Waals surface area contributed by atoms with E-state index in [1.165, 1.54) is 18.5 Å². The van der Waals surface area contributed by atoms with Crippen LogP contribution in [0.5, 0.6) is 0 Å². The molecular weight excluding hydrogens is 252 g/mol. The highest BCUT2D eigenvalue weighted by atomic mass is 16.1. The van der Waals surface area contributed by atoms with E-state index in [4.69, 9.17) is 0 Å². The van der Waals surface area contributed by atoms with Crippen LogP contribution < -0.4 is 0 Å². The molecule has 20 heavy (non-hydrogen) atoms. The van der Waals surface area contributed by atoms with E-state index in [9.17, 15) is 9.59 Å². The van der Waals surface area contributed by atoms with Gasteiger partial charge in [-0.05, 0) is 32.8 Å². The van der Waals surface area contributed by atoms with Crippen LogP contribution in [0.25, 0.3) is 0 Å². The molecule has 1 aliphatic heterocycles. The summed E-state index contributed by atoms with van der Waals surface area (Å²) in [6.07, 6.45) is 3.65. The summed E-state index contributed by atoms with van der Waals surface area (Å²) in [6, 6.07) is 2.65. The number of carbonyl (C=O) groups is 2. The maximum atomic E-state index is 12.5. The fraction of sp³-hybridized carbons (Fsp3) is 0.625. The lowest BCUT2D eigenvalue weighted by Gasteiger charge is -2.24. The standard InChI is InChI=1S/C16H22N2O2/c1-11-9-15(12(2)18(11)13-3-4-13)16(20)10-17-7-5-14(19)6-8-17/h9,13H,3-8,10H2,1-2H3. The molecule has 0 amide bonds. The Morgan fingerprint density at radius 1 is 1.25 bits per heavy atom.